The van der Waals surface area contributed by atoms with E-state index in [9.17, 15) is 40.2 Å². The van der Waals surface area contributed by atoms with Crippen LogP contribution in [0.1, 0.15) is 40.7 Å². The first-order chi connectivity index (χ1) is 20.1. The Balaban J connectivity index is 1.47. The molecule has 11 heteroatoms. The fraction of sp³-hybridized carbons (Fsp3) is 0.355. The number of hydrogen-bond acceptors (Lipinski definition) is 11. The third-order valence-electron chi connectivity index (χ3n) is 6.99. The highest BCUT2D eigenvalue weighted by Crippen LogP contribution is 2.29. The molecule has 0 radical (unpaired) electrons. The minimum Gasteiger partial charge on any atom is -0.504 e. The van der Waals surface area contributed by atoms with Crippen molar-refractivity contribution in [3.63, 3.8) is 0 Å². The van der Waals surface area contributed by atoms with Gasteiger partial charge in [-0.2, -0.15) is 0 Å². The third kappa shape index (κ3) is 8.20. The van der Waals surface area contributed by atoms with Crippen molar-refractivity contribution in [3.8, 4) is 23.0 Å². The highest BCUT2D eigenvalue weighted by atomic mass is 16.7. The molecule has 5 atom stereocenters. The molecule has 0 saturated carbocycles. The molecule has 1 aliphatic rings. The summed E-state index contributed by atoms with van der Waals surface area (Å²) in [6, 6.07) is 16.8. The molecule has 1 fully saturated rings. The van der Waals surface area contributed by atoms with Gasteiger partial charge in [0.1, 0.15) is 18.0 Å². The van der Waals surface area contributed by atoms with Crippen molar-refractivity contribution in [2.75, 3.05) is 6.61 Å². The summed E-state index contributed by atoms with van der Waals surface area (Å²) in [5, 5.41) is 59.6. The normalized spacial score (nSPS) is 21.0. The highest BCUT2D eigenvalue weighted by molar-refractivity contribution is 5.89. The van der Waals surface area contributed by atoms with Crippen molar-refractivity contribution in [2.24, 2.45) is 0 Å². The van der Waals surface area contributed by atoms with Crippen LogP contribution in [-0.2, 0) is 31.8 Å². The molecule has 224 valence electrons. The first-order valence-electron chi connectivity index (χ1n) is 13.5. The average Bonchev–Trinajstić information content (AvgIpc) is 2.98. The first kappa shape index (κ1) is 30.8. The van der Waals surface area contributed by atoms with E-state index in [0.717, 1.165) is 0 Å². The minimum absolute atomic E-state index is 0.0774. The summed E-state index contributed by atoms with van der Waals surface area (Å²) in [4.78, 5) is 25.8. The van der Waals surface area contributed by atoms with Crippen molar-refractivity contribution in [1.29, 1.82) is 0 Å². The van der Waals surface area contributed by atoms with Crippen molar-refractivity contribution >= 4 is 11.8 Å². The summed E-state index contributed by atoms with van der Waals surface area (Å²) >= 11 is 0. The van der Waals surface area contributed by atoms with Crippen LogP contribution in [0.5, 0.6) is 23.0 Å². The summed E-state index contributed by atoms with van der Waals surface area (Å²) in [6.07, 6.45) is -5.40. The molecule has 1 heterocycles. The Hall–Kier alpha value is -4.16. The molecule has 1 saturated heterocycles. The molecular weight excluding hydrogens is 548 g/mol. The van der Waals surface area contributed by atoms with Crippen LogP contribution in [0.15, 0.2) is 66.7 Å². The second kappa shape index (κ2) is 14.1. The number of benzene rings is 3. The number of ether oxygens (including phenoxy) is 3. The van der Waals surface area contributed by atoms with Crippen molar-refractivity contribution in [2.45, 2.75) is 62.8 Å². The zero-order valence-electron chi connectivity index (χ0n) is 22.7. The molecule has 42 heavy (non-hydrogen) atoms. The number of rotatable bonds is 12. The SMILES string of the molecule is O=C(CCc1ccc(O)c(O)c1)C[C@H](CCc1ccc(O)c(O)c1)O[C@@H]1OC[C@@H](O)[C@H](O)[C@H]1OC(=O)c1ccccc1. The maximum atomic E-state index is 13.0. The Morgan fingerprint density at radius 1 is 0.833 bits per heavy atom. The van der Waals surface area contributed by atoms with Gasteiger partial charge in [0.05, 0.1) is 18.3 Å². The number of carbonyl (C=O) groups excluding carboxylic acids is 2. The van der Waals surface area contributed by atoms with E-state index < -0.39 is 36.7 Å². The second-order valence-electron chi connectivity index (χ2n) is 10.2. The van der Waals surface area contributed by atoms with Crippen LogP contribution in [0.2, 0.25) is 0 Å². The molecule has 1 aliphatic heterocycles. The van der Waals surface area contributed by atoms with Gasteiger partial charge < -0.3 is 44.8 Å². The molecule has 0 bridgehead atoms. The van der Waals surface area contributed by atoms with Crippen molar-refractivity contribution < 1.29 is 54.4 Å². The van der Waals surface area contributed by atoms with E-state index in [-0.39, 0.29) is 60.2 Å². The monoisotopic (exact) mass is 582 g/mol. The Labute approximate surface area is 242 Å². The lowest BCUT2D eigenvalue weighted by atomic mass is 9.99. The number of ketones is 1. The van der Waals surface area contributed by atoms with E-state index in [1.54, 1.807) is 30.3 Å². The zero-order valence-corrected chi connectivity index (χ0v) is 22.7. The molecule has 0 aliphatic carbocycles. The van der Waals surface area contributed by atoms with Gasteiger partial charge in [0.25, 0.3) is 0 Å². The predicted octanol–water partition coefficient (Wildman–Crippen LogP) is 2.72. The molecule has 0 spiro atoms. The van der Waals surface area contributed by atoms with Gasteiger partial charge in [-0.3, -0.25) is 4.79 Å². The fourth-order valence-electron chi connectivity index (χ4n) is 4.60. The van der Waals surface area contributed by atoms with Gasteiger partial charge in [0.2, 0.25) is 0 Å². The van der Waals surface area contributed by atoms with E-state index in [0.29, 0.717) is 24.0 Å². The Kier molecular flexibility index (Phi) is 10.4. The van der Waals surface area contributed by atoms with Crippen LogP contribution in [-0.4, -0.2) is 79.7 Å². The van der Waals surface area contributed by atoms with Crippen LogP contribution in [0, 0.1) is 0 Å². The molecular formula is C31H34O11. The van der Waals surface area contributed by atoms with E-state index in [4.69, 9.17) is 14.2 Å². The first-order valence-corrected chi connectivity index (χ1v) is 13.5. The third-order valence-corrected chi connectivity index (χ3v) is 6.99. The Bertz CT molecular complexity index is 1360. The predicted molar refractivity (Wildman–Crippen MR) is 148 cm³/mol. The van der Waals surface area contributed by atoms with Gasteiger partial charge in [-0.25, -0.2) is 4.79 Å². The van der Waals surface area contributed by atoms with E-state index >= 15 is 0 Å². The summed E-state index contributed by atoms with van der Waals surface area (Å²) in [5.41, 5.74) is 1.54. The number of phenolic OH excluding ortho intramolecular Hbond substituents is 4. The molecule has 11 nitrogen and oxygen atoms in total. The lowest BCUT2D eigenvalue weighted by Crippen LogP contribution is -2.56. The van der Waals surface area contributed by atoms with Crippen molar-refractivity contribution in [3.05, 3.63) is 83.4 Å². The van der Waals surface area contributed by atoms with Gasteiger partial charge in [-0.15, -0.1) is 0 Å². The number of hydrogen-bond donors (Lipinski definition) is 6. The van der Waals surface area contributed by atoms with Crippen LogP contribution in [0.4, 0.5) is 0 Å². The van der Waals surface area contributed by atoms with Crippen molar-refractivity contribution in [1.82, 2.24) is 0 Å². The topological polar surface area (TPSA) is 183 Å². The standard InChI is InChI=1S/C31H34O11/c32-21(10-6-18-8-12-23(33)25(35)14-18)16-22(11-7-19-9-13-24(34)26(36)15-19)41-31-29(28(38)27(37)17-40-31)42-30(39)20-4-2-1-3-5-20/h1-5,8-9,12-15,22,27-29,31,33-38H,6-7,10-11,16-17H2/t22-,27+,28-,29+,31-/m0/s1. The largest absolute Gasteiger partial charge is 0.504 e. The Morgan fingerprint density at radius 2 is 1.45 bits per heavy atom. The second-order valence-corrected chi connectivity index (χ2v) is 10.2. The summed E-state index contributed by atoms with van der Waals surface area (Å²) in [5.74, 6) is -2.05. The zero-order chi connectivity index (χ0) is 30.2. The molecule has 3 aromatic rings. The molecule has 4 rings (SSSR count). The molecule has 0 unspecified atom stereocenters. The van der Waals surface area contributed by atoms with Gasteiger partial charge in [-0.05, 0) is 66.8 Å². The number of aliphatic hydroxyl groups is 2. The summed E-state index contributed by atoms with van der Waals surface area (Å²) in [6.45, 7) is -0.290. The number of aromatic hydroxyl groups is 4. The highest BCUT2D eigenvalue weighted by Gasteiger charge is 2.43. The molecule has 3 aromatic carbocycles. The molecule has 0 amide bonds. The number of Topliss-reactive ketones (excluding diaryl/α,β-unsaturated/α-hetero) is 1. The van der Waals surface area contributed by atoms with Gasteiger partial charge in [-0.1, -0.05) is 30.3 Å². The lowest BCUT2D eigenvalue weighted by molar-refractivity contribution is -0.281. The van der Waals surface area contributed by atoms with Crippen LogP contribution < -0.4 is 0 Å². The van der Waals surface area contributed by atoms with E-state index in [1.165, 1.54) is 36.4 Å². The smallest absolute Gasteiger partial charge is 0.338 e. The fourth-order valence-corrected chi connectivity index (χ4v) is 4.60. The number of esters is 1. The lowest BCUT2D eigenvalue weighted by Gasteiger charge is -2.38. The van der Waals surface area contributed by atoms with E-state index in [2.05, 4.69) is 0 Å². The number of aryl methyl sites for hydroxylation is 2. The summed E-state index contributed by atoms with van der Waals surface area (Å²) < 4.78 is 17.2. The number of aliphatic hydroxyl groups excluding tert-OH is 2. The maximum absolute atomic E-state index is 13.0. The van der Waals surface area contributed by atoms with Gasteiger partial charge >= 0.3 is 5.97 Å². The van der Waals surface area contributed by atoms with Crippen LogP contribution in [0.3, 0.4) is 0 Å². The van der Waals surface area contributed by atoms with Gasteiger partial charge in [0.15, 0.2) is 35.4 Å². The van der Waals surface area contributed by atoms with Crippen LogP contribution >= 0.6 is 0 Å². The molecule has 6 N–H and O–H groups in total. The van der Waals surface area contributed by atoms with Gasteiger partial charge in [0, 0.05) is 12.8 Å². The molecule has 0 aromatic heterocycles. The Morgan fingerprint density at radius 3 is 2.07 bits per heavy atom. The quantitative estimate of drug-likeness (QED) is 0.136. The average molecular weight is 583 g/mol. The maximum Gasteiger partial charge on any atom is 0.338 e. The number of carbonyl (C=O) groups is 2. The minimum atomic E-state index is -1.51. The van der Waals surface area contributed by atoms with Crippen LogP contribution in [0.25, 0.3) is 0 Å². The number of phenols is 4. The summed E-state index contributed by atoms with van der Waals surface area (Å²) in [7, 11) is 0. The van der Waals surface area contributed by atoms with E-state index in [1.807, 2.05) is 0 Å².